The Morgan fingerprint density at radius 1 is 1.33 bits per heavy atom. The molecule has 78 valence electrons. The SMILES string of the molecule is CC1CC(n2c(=S)[nH]c3ccccc32)C1. The van der Waals surface area contributed by atoms with E-state index < -0.39 is 0 Å². The fourth-order valence-electron chi connectivity index (χ4n) is 2.51. The average molecular weight is 218 g/mol. The standard InChI is InChI=1S/C12H14N2S/c1-8-6-9(7-8)14-11-5-3-2-4-10(11)13-12(14)15/h2-5,8-9H,6-7H2,1H3,(H,13,15). The number of imidazole rings is 1. The molecule has 1 aromatic carbocycles. The first-order chi connectivity index (χ1) is 7.25. The summed E-state index contributed by atoms with van der Waals surface area (Å²) in [5.41, 5.74) is 2.40. The minimum Gasteiger partial charge on any atom is -0.331 e. The van der Waals surface area contributed by atoms with Gasteiger partial charge in [0.25, 0.3) is 0 Å². The van der Waals surface area contributed by atoms with Crippen molar-refractivity contribution in [1.29, 1.82) is 0 Å². The van der Waals surface area contributed by atoms with Gasteiger partial charge in [0.15, 0.2) is 4.77 Å². The molecule has 0 saturated heterocycles. The van der Waals surface area contributed by atoms with Gasteiger partial charge in [0.1, 0.15) is 0 Å². The van der Waals surface area contributed by atoms with Crippen LogP contribution in [0.5, 0.6) is 0 Å². The summed E-state index contributed by atoms with van der Waals surface area (Å²) in [6.07, 6.45) is 2.52. The van der Waals surface area contributed by atoms with Crippen LogP contribution < -0.4 is 0 Å². The number of aromatic amines is 1. The molecule has 2 nitrogen and oxygen atoms in total. The molecule has 15 heavy (non-hydrogen) atoms. The van der Waals surface area contributed by atoms with Gasteiger partial charge in [0, 0.05) is 6.04 Å². The second-order valence-corrected chi connectivity index (χ2v) is 4.93. The third kappa shape index (κ3) is 1.34. The van der Waals surface area contributed by atoms with Gasteiger partial charge in [-0.2, -0.15) is 0 Å². The van der Waals surface area contributed by atoms with E-state index in [9.17, 15) is 0 Å². The molecule has 3 heteroatoms. The maximum Gasteiger partial charge on any atom is 0.178 e. The third-order valence-electron chi connectivity index (χ3n) is 3.34. The largest absolute Gasteiger partial charge is 0.331 e. The van der Waals surface area contributed by atoms with Gasteiger partial charge >= 0.3 is 0 Å². The fraction of sp³-hybridized carbons (Fsp3) is 0.417. The molecule has 1 saturated carbocycles. The summed E-state index contributed by atoms with van der Waals surface area (Å²) >= 11 is 5.38. The van der Waals surface area contributed by atoms with Crippen LogP contribution >= 0.6 is 12.2 Å². The predicted octanol–water partition coefficient (Wildman–Crippen LogP) is 3.67. The third-order valence-corrected chi connectivity index (χ3v) is 3.64. The smallest absolute Gasteiger partial charge is 0.178 e. The van der Waals surface area contributed by atoms with Crippen LogP contribution in [0.3, 0.4) is 0 Å². The number of nitrogens with zero attached hydrogens (tertiary/aromatic N) is 1. The van der Waals surface area contributed by atoms with Gasteiger partial charge in [-0.3, -0.25) is 0 Å². The fourth-order valence-corrected chi connectivity index (χ4v) is 2.86. The number of nitrogens with one attached hydrogen (secondary N) is 1. The Bertz CT molecular complexity index is 546. The van der Waals surface area contributed by atoms with Gasteiger partial charge in [-0.15, -0.1) is 0 Å². The summed E-state index contributed by atoms with van der Waals surface area (Å²) in [5, 5.41) is 0. The molecule has 0 radical (unpaired) electrons. The van der Waals surface area contributed by atoms with Gasteiger partial charge < -0.3 is 9.55 Å². The Hall–Kier alpha value is -1.09. The van der Waals surface area contributed by atoms with E-state index in [1.807, 2.05) is 6.07 Å². The molecule has 1 fully saturated rings. The van der Waals surface area contributed by atoms with Crippen molar-refractivity contribution in [2.24, 2.45) is 5.92 Å². The van der Waals surface area contributed by atoms with Gasteiger partial charge in [0.2, 0.25) is 0 Å². The zero-order valence-corrected chi connectivity index (χ0v) is 9.55. The summed E-state index contributed by atoms with van der Waals surface area (Å²) in [5.74, 6) is 0.852. The number of hydrogen-bond acceptors (Lipinski definition) is 1. The molecule has 2 aromatic rings. The molecule has 0 amide bonds. The number of hydrogen-bond donors (Lipinski definition) is 1. The highest BCUT2D eigenvalue weighted by molar-refractivity contribution is 7.71. The van der Waals surface area contributed by atoms with Crippen molar-refractivity contribution in [3.63, 3.8) is 0 Å². The zero-order chi connectivity index (χ0) is 10.4. The quantitative estimate of drug-likeness (QED) is 0.724. The van der Waals surface area contributed by atoms with Crippen molar-refractivity contribution >= 4 is 23.3 Å². The van der Waals surface area contributed by atoms with E-state index in [2.05, 4.69) is 34.7 Å². The molecule has 0 atom stereocenters. The predicted molar refractivity (Wildman–Crippen MR) is 64.6 cm³/mol. The highest BCUT2D eigenvalue weighted by Gasteiger charge is 2.28. The molecule has 1 heterocycles. The Morgan fingerprint density at radius 3 is 2.80 bits per heavy atom. The van der Waals surface area contributed by atoms with Crippen molar-refractivity contribution in [3.05, 3.63) is 29.0 Å². The van der Waals surface area contributed by atoms with Crippen LogP contribution in [0, 0.1) is 10.7 Å². The van der Waals surface area contributed by atoms with Gasteiger partial charge in [-0.25, -0.2) is 0 Å². The highest BCUT2D eigenvalue weighted by Crippen LogP contribution is 2.39. The molecule has 0 unspecified atom stereocenters. The number of H-pyrrole nitrogens is 1. The molecule has 0 spiro atoms. The topological polar surface area (TPSA) is 20.7 Å². The number of rotatable bonds is 1. The number of benzene rings is 1. The molecular weight excluding hydrogens is 204 g/mol. The van der Waals surface area contributed by atoms with E-state index in [1.165, 1.54) is 18.4 Å². The molecule has 1 aliphatic carbocycles. The minimum absolute atomic E-state index is 0.614. The van der Waals surface area contributed by atoms with Gasteiger partial charge in [-0.05, 0) is 43.1 Å². The van der Waals surface area contributed by atoms with Crippen molar-refractivity contribution in [1.82, 2.24) is 9.55 Å². The number of para-hydroxylation sites is 2. The Kier molecular flexibility index (Phi) is 1.96. The Labute approximate surface area is 93.9 Å². The normalized spacial score (nSPS) is 25.4. The monoisotopic (exact) mass is 218 g/mol. The summed E-state index contributed by atoms with van der Waals surface area (Å²) in [4.78, 5) is 3.27. The van der Waals surface area contributed by atoms with Crippen LogP contribution in [-0.2, 0) is 0 Å². The van der Waals surface area contributed by atoms with Crippen molar-refractivity contribution < 1.29 is 0 Å². The maximum atomic E-state index is 5.38. The lowest BCUT2D eigenvalue weighted by atomic mass is 9.81. The highest BCUT2D eigenvalue weighted by atomic mass is 32.1. The second-order valence-electron chi connectivity index (χ2n) is 4.55. The summed E-state index contributed by atoms with van der Waals surface area (Å²) < 4.78 is 3.15. The molecule has 0 aliphatic heterocycles. The first kappa shape index (κ1) is 9.16. The van der Waals surface area contributed by atoms with E-state index in [-0.39, 0.29) is 0 Å². The first-order valence-electron chi connectivity index (χ1n) is 5.45. The Morgan fingerprint density at radius 2 is 2.07 bits per heavy atom. The van der Waals surface area contributed by atoms with Crippen molar-refractivity contribution in [2.75, 3.05) is 0 Å². The first-order valence-corrected chi connectivity index (χ1v) is 5.86. The van der Waals surface area contributed by atoms with Crippen LogP contribution in [0.25, 0.3) is 11.0 Å². The zero-order valence-electron chi connectivity index (χ0n) is 8.73. The van der Waals surface area contributed by atoms with E-state index in [1.54, 1.807) is 0 Å². The van der Waals surface area contributed by atoms with Crippen LogP contribution in [0.4, 0.5) is 0 Å². The van der Waals surface area contributed by atoms with E-state index in [4.69, 9.17) is 12.2 Å². The van der Waals surface area contributed by atoms with E-state index >= 15 is 0 Å². The van der Waals surface area contributed by atoms with Gasteiger partial charge in [-0.1, -0.05) is 19.1 Å². The van der Waals surface area contributed by atoms with Crippen LogP contribution in [-0.4, -0.2) is 9.55 Å². The lowest BCUT2D eigenvalue weighted by Crippen LogP contribution is -2.24. The minimum atomic E-state index is 0.614. The second kappa shape index (κ2) is 3.20. The van der Waals surface area contributed by atoms with Crippen molar-refractivity contribution in [3.8, 4) is 0 Å². The van der Waals surface area contributed by atoms with Gasteiger partial charge in [0.05, 0.1) is 11.0 Å². The summed E-state index contributed by atoms with van der Waals surface area (Å²) in [6.45, 7) is 2.30. The maximum absolute atomic E-state index is 5.38. The summed E-state index contributed by atoms with van der Waals surface area (Å²) in [6, 6.07) is 8.96. The van der Waals surface area contributed by atoms with Crippen LogP contribution in [0.1, 0.15) is 25.8 Å². The molecule has 0 bridgehead atoms. The average Bonchev–Trinajstić information content (AvgIpc) is 2.49. The van der Waals surface area contributed by atoms with Crippen LogP contribution in [0.2, 0.25) is 0 Å². The number of fused-ring (bicyclic) bond motifs is 1. The molecular formula is C12H14N2S. The Balaban J connectivity index is 2.17. The van der Waals surface area contributed by atoms with E-state index in [0.29, 0.717) is 6.04 Å². The number of aromatic nitrogens is 2. The molecule has 1 aromatic heterocycles. The molecule has 1 N–H and O–H groups in total. The lowest BCUT2D eigenvalue weighted by Gasteiger charge is -2.34. The van der Waals surface area contributed by atoms with Crippen molar-refractivity contribution in [2.45, 2.75) is 25.8 Å². The van der Waals surface area contributed by atoms with Crippen LogP contribution in [0.15, 0.2) is 24.3 Å². The molecule has 3 rings (SSSR count). The molecule has 1 aliphatic rings. The van der Waals surface area contributed by atoms with E-state index in [0.717, 1.165) is 16.2 Å². The lowest BCUT2D eigenvalue weighted by molar-refractivity contribution is 0.219. The summed E-state index contributed by atoms with van der Waals surface area (Å²) in [7, 11) is 0.